The fourth-order valence-electron chi connectivity index (χ4n) is 1.34. The van der Waals surface area contributed by atoms with Crippen molar-refractivity contribution < 1.29 is 9.66 Å². The Balaban J connectivity index is 2.21. The Labute approximate surface area is 112 Å². The molecule has 0 spiro atoms. The number of halogens is 1. The van der Waals surface area contributed by atoms with Crippen LogP contribution < -0.4 is 4.74 Å². The first-order valence-electron chi connectivity index (χ1n) is 5.11. The van der Waals surface area contributed by atoms with Gasteiger partial charge in [0.25, 0.3) is 5.69 Å². The maximum atomic E-state index is 10.5. The van der Waals surface area contributed by atoms with Crippen LogP contribution in [0.2, 0.25) is 0 Å². The molecule has 2 aromatic rings. The molecule has 92 valence electrons. The van der Waals surface area contributed by atoms with Gasteiger partial charge in [0.1, 0.15) is 11.9 Å². The van der Waals surface area contributed by atoms with E-state index in [0.717, 1.165) is 16.2 Å². The lowest BCUT2D eigenvalue weighted by Crippen LogP contribution is -1.92. The van der Waals surface area contributed by atoms with Crippen LogP contribution in [0.1, 0.15) is 5.56 Å². The maximum Gasteiger partial charge on any atom is 0.287 e. The summed E-state index contributed by atoms with van der Waals surface area (Å²) >= 11 is 3.38. The highest BCUT2D eigenvalue weighted by molar-refractivity contribution is 9.10. The van der Waals surface area contributed by atoms with E-state index in [4.69, 9.17) is 4.74 Å². The molecule has 0 atom stereocenters. The van der Waals surface area contributed by atoms with E-state index < -0.39 is 4.92 Å². The average molecular weight is 309 g/mol. The van der Waals surface area contributed by atoms with Gasteiger partial charge in [0.05, 0.1) is 9.40 Å². The Kier molecular flexibility index (Phi) is 3.57. The summed E-state index contributed by atoms with van der Waals surface area (Å²) in [4.78, 5) is 13.9. The number of aryl methyl sites for hydroxylation is 1. The Hall–Kier alpha value is -1.95. The number of nitrogens with zero attached hydrogens (tertiary/aromatic N) is 2. The summed E-state index contributed by atoms with van der Waals surface area (Å²) < 4.78 is 6.33. The van der Waals surface area contributed by atoms with E-state index in [2.05, 4.69) is 20.9 Å². The number of pyridine rings is 1. The van der Waals surface area contributed by atoms with Gasteiger partial charge in [0, 0.05) is 12.1 Å². The number of aromatic nitrogens is 1. The molecule has 0 fully saturated rings. The third-order valence-corrected chi connectivity index (χ3v) is 2.85. The summed E-state index contributed by atoms with van der Waals surface area (Å²) in [5, 5.41) is 10.5. The number of hydrogen-bond acceptors (Lipinski definition) is 4. The Morgan fingerprint density at radius 3 is 2.67 bits per heavy atom. The number of hydrogen-bond donors (Lipinski definition) is 0. The van der Waals surface area contributed by atoms with Crippen molar-refractivity contribution in [2.24, 2.45) is 0 Å². The quantitative estimate of drug-likeness (QED) is 0.638. The Bertz CT molecular complexity index is 584. The average Bonchev–Trinajstić information content (AvgIpc) is 2.33. The first kappa shape index (κ1) is 12.5. The third-order valence-electron chi connectivity index (χ3n) is 2.23. The summed E-state index contributed by atoms with van der Waals surface area (Å²) in [6.45, 7) is 1.97. The van der Waals surface area contributed by atoms with Crippen molar-refractivity contribution in [1.82, 2.24) is 4.98 Å². The largest absolute Gasteiger partial charge is 0.438 e. The summed E-state index contributed by atoms with van der Waals surface area (Å²) in [6.07, 6.45) is 1.16. The van der Waals surface area contributed by atoms with Gasteiger partial charge in [-0.05, 0) is 40.5 Å². The van der Waals surface area contributed by atoms with Crippen molar-refractivity contribution in [3.05, 3.63) is 56.7 Å². The first-order chi connectivity index (χ1) is 8.56. The molecule has 0 saturated carbocycles. The summed E-state index contributed by atoms with van der Waals surface area (Å²) in [7, 11) is 0. The second kappa shape index (κ2) is 5.14. The van der Waals surface area contributed by atoms with Gasteiger partial charge in [0.2, 0.25) is 5.88 Å². The van der Waals surface area contributed by atoms with Crippen LogP contribution in [0.3, 0.4) is 0 Å². The second-order valence-electron chi connectivity index (χ2n) is 3.65. The minimum Gasteiger partial charge on any atom is -0.438 e. The lowest BCUT2D eigenvalue weighted by atomic mass is 10.2. The van der Waals surface area contributed by atoms with E-state index in [-0.39, 0.29) is 5.69 Å². The topological polar surface area (TPSA) is 65.3 Å². The van der Waals surface area contributed by atoms with Gasteiger partial charge in [-0.15, -0.1) is 0 Å². The molecule has 18 heavy (non-hydrogen) atoms. The van der Waals surface area contributed by atoms with E-state index in [1.165, 1.54) is 12.1 Å². The van der Waals surface area contributed by atoms with Crippen LogP contribution in [0.25, 0.3) is 0 Å². The van der Waals surface area contributed by atoms with E-state index in [1.54, 1.807) is 0 Å². The molecule has 2 rings (SSSR count). The highest BCUT2D eigenvalue weighted by Crippen LogP contribution is 2.29. The number of benzene rings is 1. The van der Waals surface area contributed by atoms with Crippen molar-refractivity contribution in [2.45, 2.75) is 6.92 Å². The lowest BCUT2D eigenvalue weighted by molar-refractivity contribution is -0.385. The van der Waals surface area contributed by atoms with Crippen molar-refractivity contribution >= 4 is 21.6 Å². The van der Waals surface area contributed by atoms with Gasteiger partial charge in [-0.2, -0.15) is 0 Å². The van der Waals surface area contributed by atoms with Crippen molar-refractivity contribution in [2.75, 3.05) is 0 Å². The van der Waals surface area contributed by atoms with E-state index in [1.807, 2.05) is 25.1 Å². The van der Waals surface area contributed by atoms with Crippen LogP contribution in [0.4, 0.5) is 5.69 Å². The highest BCUT2D eigenvalue weighted by atomic mass is 79.9. The molecule has 5 nitrogen and oxygen atoms in total. The fourth-order valence-corrected chi connectivity index (χ4v) is 1.92. The molecular formula is C12H9BrN2O3. The van der Waals surface area contributed by atoms with Crippen LogP contribution in [0.5, 0.6) is 11.6 Å². The molecule has 0 aliphatic carbocycles. The fraction of sp³-hybridized carbons (Fsp3) is 0.0833. The molecule has 0 unspecified atom stereocenters. The molecule has 0 bridgehead atoms. The second-order valence-corrected chi connectivity index (χ2v) is 4.50. The van der Waals surface area contributed by atoms with Crippen molar-refractivity contribution in [3.8, 4) is 11.6 Å². The molecule has 6 heteroatoms. The lowest BCUT2D eigenvalue weighted by Gasteiger charge is -2.06. The molecule has 0 N–H and O–H groups in total. The standard InChI is InChI=1S/C12H9BrN2O3/c1-8-2-4-11(10(13)6-8)18-12-5-3-9(7-14-12)15(16)17/h2-7H,1H3. The Morgan fingerprint density at radius 2 is 2.11 bits per heavy atom. The zero-order chi connectivity index (χ0) is 13.1. The van der Waals surface area contributed by atoms with E-state index >= 15 is 0 Å². The van der Waals surface area contributed by atoms with Crippen molar-refractivity contribution in [1.29, 1.82) is 0 Å². The molecule has 0 aliphatic heterocycles. The van der Waals surface area contributed by atoms with Gasteiger partial charge in [-0.1, -0.05) is 6.07 Å². The number of rotatable bonds is 3. The minimum absolute atomic E-state index is 0.0645. The van der Waals surface area contributed by atoms with Gasteiger partial charge < -0.3 is 4.74 Å². The van der Waals surface area contributed by atoms with Crippen LogP contribution in [-0.4, -0.2) is 9.91 Å². The molecular weight excluding hydrogens is 300 g/mol. The van der Waals surface area contributed by atoms with Crippen LogP contribution in [0.15, 0.2) is 41.0 Å². The summed E-state index contributed by atoms with van der Waals surface area (Å²) in [5.41, 5.74) is 1.04. The summed E-state index contributed by atoms with van der Waals surface area (Å²) in [6, 6.07) is 8.45. The predicted molar refractivity (Wildman–Crippen MR) is 69.8 cm³/mol. The Morgan fingerprint density at radius 1 is 1.33 bits per heavy atom. The normalized spacial score (nSPS) is 10.1. The SMILES string of the molecule is Cc1ccc(Oc2ccc([N+](=O)[O-])cn2)c(Br)c1. The van der Waals surface area contributed by atoms with Gasteiger partial charge in [-0.25, -0.2) is 4.98 Å². The van der Waals surface area contributed by atoms with Gasteiger partial charge >= 0.3 is 0 Å². The van der Waals surface area contributed by atoms with E-state index in [9.17, 15) is 10.1 Å². The first-order valence-corrected chi connectivity index (χ1v) is 5.90. The molecule has 0 radical (unpaired) electrons. The molecule has 0 aliphatic rings. The van der Waals surface area contributed by atoms with Crippen LogP contribution >= 0.6 is 15.9 Å². The monoisotopic (exact) mass is 308 g/mol. The van der Waals surface area contributed by atoms with Crippen LogP contribution in [-0.2, 0) is 0 Å². The number of ether oxygens (including phenoxy) is 1. The third kappa shape index (κ3) is 2.84. The maximum absolute atomic E-state index is 10.5. The zero-order valence-corrected chi connectivity index (χ0v) is 11.0. The highest BCUT2D eigenvalue weighted by Gasteiger charge is 2.08. The number of nitro groups is 1. The predicted octanol–water partition coefficient (Wildman–Crippen LogP) is 3.85. The zero-order valence-electron chi connectivity index (χ0n) is 9.46. The molecule has 1 heterocycles. The smallest absolute Gasteiger partial charge is 0.287 e. The van der Waals surface area contributed by atoms with Gasteiger partial charge in [-0.3, -0.25) is 10.1 Å². The minimum atomic E-state index is -0.501. The molecule has 1 aromatic heterocycles. The molecule has 0 saturated heterocycles. The molecule has 0 amide bonds. The van der Waals surface area contributed by atoms with Crippen molar-refractivity contribution in [3.63, 3.8) is 0 Å². The summed E-state index contributed by atoms with van der Waals surface area (Å²) in [5.74, 6) is 0.923. The van der Waals surface area contributed by atoms with E-state index in [0.29, 0.717) is 11.6 Å². The van der Waals surface area contributed by atoms with Crippen LogP contribution in [0, 0.1) is 17.0 Å². The van der Waals surface area contributed by atoms with Gasteiger partial charge in [0.15, 0.2) is 0 Å². The molecule has 1 aromatic carbocycles.